The molecular formula is C15H18F4N4O3. The molecule has 0 radical (unpaired) electrons. The zero-order valence-electron chi connectivity index (χ0n) is 13.6. The van der Waals surface area contributed by atoms with Crippen molar-refractivity contribution in [2.75, 3.05) is 6.67 Å². The highest BCUT2D eigenvalue weighted by atomic mass is 19.4. The maximum absolute atomic E-state index is 13.3. The highest BCUT2D eigenvalue weighted by Crippen LogP contribution is 2.32. The second kappa shape index (κ2) is 6.99. The summed E-state index contributed by atoms with van der Waals surface area (Å²) in [6, 6.07) is 4.04. The first-order valence-corrected chi connectivity index (χ1v) is 7.90. The van der Waals surface area contributed by atoms with Crippen LogP contribution in [0.4, 0.5) is 17.6 Å². The molecule has 0 saturated carbocycles. The van der Waals surface area contributed by atoms with Crippen LogP contribution in [-0.4, -0.2) is 47.6 Å². The Bertz CT molecular complexity index is 657. The van der Waals surface area contributed by atoms with Gasteiger partial charge in [0.15, 0.2) is 6.35 Å². The fraction of sp³-hybridized carbons (Fsp3) is 0.533. The molecule has 1 amide bonds. The van der Waals surface area contributed by atoms with Gasteiger partial charge in [0.05, 0.1) is 18.1 Å². The molecule has 2 fully saturated rings. The van der Waals surface area contributed by atoms with Crippen LogP contribution in [0.3, 0.4) is 0 Å². The van der Waals surface area contributed by atoms with Crippen LogP contribution in [0.5, 0.6) is 5.75 Å². The minimum Gasteiger partial charge on any atom is -0.406 e. The third-order valence-corrected chi connectivity index (χ3v) is 4.48. The molecule has 11 heteroatoms. The monoisotopic (exact) mass is 378 g/mol. The molecule has 2 heterocycles. The fourth-order valence-electron chi connectivity index (χ4n) is 3.28. The number of alkyl halides is 4. The lowest BCUT2D eigenvalue weighted by molar-refractivity contribution is -0.274. The van der Waals surface area contributed by atoms with Gasteiger partial charge in [0, 0.05) is 6.04 Å². The zero-order valence-corrected chi connectivity index (χ0v) is 13.6. The number of hydrogen-bond donors (Lipinski definition) is 4. The fourth-order valence-corrected chi connectivity index (χ4v) is 3.28. The van der Waals surface area contributed by atoms with E-state index >= 15 is 0 Å². The number of fused-ring (bicyclic) bond motifs is 1. The Labute approximate surface area is 146 Å². The summed E-state index contributed by atoms with van der Waals surface area (Å²) < 4.78 is 53.9. The third-order valence-electron chi connectivity index (χ3n) is 4.48. The number of aliphatic hydroxyl groups is 1. The normalized spacial score (nSPS) is 30.6. The highest BCUT2D eigenvalue weighted by molar-refractivity contribution is 5.81. The van der Waals surface area contributed by atoms with Crippen LogP contribution in [0.2, 0.25) is 0 Å². The van der Waals surface area contributed by atoms with Gasteiger partial charge in [-0.25, -0.2) is 14.8 Å². The third kappa shape index (κ3) is 3.75. The molecule has 2 aliphatic heterocycles. The zero-order chi connectivity index (χ0) is 19.1. The Morgan fingerprint density at radius 3 is 2.54 bits per heavy atom. The Morgan fingerprint density at radius 2 is 1.96 bits per heavy atom. The molecule has 0 aromatic heterocycles. The van der Waals surface area contributed by atoms with Gasteiger partial charge >= 0.3 is 6.36 Å². The average molecular weight is 378 g/mol. The van der Waals surface area contributed by atoms with Crippen molar-refractivity contribution in [2.24, 2.45) is 5.92 Å². The molecule has 1 aromatic carbocycles. The Balaban J connectivity index is 1.78. The second-order valence-corrected chi connectivity index (χ2v) is 6.14. The number of benzene rings is 1. The Kier molecular flexibility index (Phi) is 5.06. The van der Waals surface area contributed by atoms with Crippen molar-refractivity contribution in [2.45, 2.75) is 37.9 Å². The maximum atomic E-state index is 13.3. The first kappa shape index (κ1) is 18.8. The van der Waals surface area contributed by atoms with Crippen molar-refractivity contribution >= 4 is 5.91 Å². The molecule has 1 aromatic rings. The van der Waals surface area contributed by atoms with Gasteiger partial charge in [0.2, 0.25) is 5.91 Å². The van der Waals surface area contributed by atoms with Crippen LogP contribution in [-0.2, 0) is 4.79 Å². The van der Waals surface area contributed by atoms with Gasteiger partial charge in [-0.1, -0.05) is 12.1 Å². The SMILES string of the molecule is CC(c1ccc(OC(F)(F)F)cc1)N1NC(CF)C2C(=O)NC(O)NC21. The molecule has 144 valence electrons. The van der Waals surface area contributed by atoms with Crippen LogP contribution in [0, 0.1) is 5.92 Å². The van der Waals surface area contributed by atoms with Crippen molar-refractivity contribution in [3.63, 3.8) is 0 Å². The van der Waals surface area contributed by atoms with E-state index in [4.69, 9.17) is 0 Å². The second-order valence-electron chi connectivity index (χ2n) is 6.14. The molecule has 0 spiro atoms. The number of rotatable bonds is 4. The molecule has 3 rings (SSSR count). The van der Waals surface area contributed by atoms with Gasteiger partial charge in [-0.05, 0) is 24.6 Å². The van der Waals surface area contributed by atoms with E-state index in [1.54, 1.807) is 11.9 Å². The van der Waals surface area contributed by atoms with Crippen molar-refractivity contribution < 1.29 is 32.2 Å². The van der Waals surface area contributed by atoms with Crippen LogP contribution >= 0.6 is 0 Å². The Hall–Kier alpha value is -1.95. The molecule has 5 atom stereocenters. The van der Waals surface area contributed by atoms with Gasteiger partial charge in [-0.15, -0.1) is 13.2 Å². The number of nitrogens with one attached hydrogen (secondary N) is 3. The lowest BCUT2D eigenvalue weighted by Crippen LogP contribution is -2.64. The van der Waals surface area contributed by atoms with E-state index in [0.717, 1.165) is 0 Å². The average Bonchev–Trinajstić information content (AvgIpc) is 2.92. The first-order valence-electron chi connectivity index (χ1n) is 7.90. The standard InChI is InChI=1S/C15H18F4N4O3/c1-7(8-2-4-9(5-3-8)26-15(17,18)19)23-12-11(10(6-16)22-23)13(24)21-14(25)20-12/h2-5,7,10-12,14,20,22,25H,6H2,1H3,(H,21,24). The number of carbonyl (C=O) groups is 1. The van der Waals surface area contributed by atoms with E-state index in [1.807, 2.05) is 0 Å². The summed E-state index contributed by atoms with van der Waals surface area (Å²) >= 11 is 0. The van der Waals surface area contributed by atoms with Crippen LogP contribution in [0.15, 0.2) is 24.3 Å². The molecule has 0 aliphatic carbocycles. The summed E-state index contributed by atoms with van der Waals surface area (Å²) in [7, 11) is 0. The van der Waals surface area contributed by atoms with Crippen molar-refractivity contribution in [3.8, 4) is 5.75 Å². The molecule has 26 heavy (non-hydrogen) atoms. The summed E-state index contributed by atoms with van der Waals surface area (Å²) in [4.78, 5) is 12.1. The van der Waals surface area contributed by atoms with Gasteiger partial charge in [0.25, 0.3) is 0 Å². The van der Waals surface area contributed by atoms with Gasteiger partial charge < -0.3 is 15.2 Å². The summed E-state index contributed by atoms with van der Waals surface area (Å²) in [6.45, 7) is 0.943. The number of nitrogens with zero attached hydrogens (tertiary/aromatic N) is 1. The summed E-state index contributed by atoms with van der Waals surface area (Å²) in [5.41, 5.74) is 3.52. The smallest absolute Gasteiger partial charge is 0.406 e. The number of aliphatic hydroxyl groups excluding tert-OH is 1. The highest BCUT2D eigenvalue weighted by Gasteiger charge is 2.50. The van der Waals surface area contributed by atoms with Crippen molar-refractivity contribution in [1.29, 1.82) is 0 Å². The van der Waals surface area contributed by atoms with E-state index in [2.05, 4.69) is 20.8 Å². The topological polar surface area (TPSA) is 85.9 Å². The van der Waals surface area contributed by atoms with Gasteiger partial charge in [-0.2, -0.15) is 0 Å². The summed E-state index contributed by atoms with van der Waals surface area (Å²) in [6.07, 6.45) is -6.73. The molecule has 7 nitrogen and oxygen atoms in total. The number of hydrazine groups is 1. The van der Waals surface area contributed by atoms with Crippen LogP contribution in [0.25, 0.3) is 0 Å². The number of hydrogen-bond acceptors (Lipinski definition) is 6. The van der Waals surface area contributed by atoms with Crippen LogP contribution < -0.4 is 20.8 Å². The number of carbonyl (C=O) groups excluding carboxylic acids is 1. The molecule has 4 N–H and O–H groups in total. The maximum Gasteiger partial charge on any atom is 0.573 e. The van der Waals surface area contributed by atoms with E-state index in [1.165, 1.54) is 24.3 Å². The Morgan fingerprint density at radius 1 is 1.31 bits per heavy atom. The quantitative estimate of drug-likeness (QED) is 0.579. The van der Waals surface area contributed by atoms with Crippen molar-refractivity contribution in [1.82, 2.24) is 21.1 Å². The van der Waals surface area contributed by atoms with Gasteiger partial charge in [0.1, 0.15) is 12.4 Å². The summed E-state index contributed by atoms with van der Waals surface area (Å²) in [5, 5.41) is 16.3. The number of ether oxygens (including phenoxy) is 1. The van der Waals surface area contributed by atoms with E-state index < -0.39 is 49.5 Å². The molecule has 2 aliphatic rings. The number of halogens is 4. The first-order chi connectivity index (χ1) is 12.2. The minimum absolute atomic E-state index is 0.354. The molecule has 5 unspecified atom stereocenters. The van der Waals surface area contributed by atoms with Crippen molar-refractivity contribution in [3.05, 3.63) is 29.8 Å². The predicted molar refractivity (Wildman–Crippen MR) is 80.8 cm³/mol. The summed E-state index contributed by atoms with van der Waals surface area (Å²) in [5.74, 6) is -1.60. The predicted octanol–water partition coefficient (Wildman–Crippen LogP) is 0.742. The van der Waals surface area contributed by atoms with Crippen LogP contribution in [0.1, 0.15) is 18.5 Å². The largest absolute Gasteiger partial charge is 0.573 e. The molecular weight excluding hydrogens is 360 g/mol. The van der Waals surface area contributed by atoms with E-state index in [9.17, 15) is 27.5 Å². The molecule has 0 bridgehead atoms. The molecule has 2 saturated heterocycles. The number of amides is 1. The van der Waals surface area contributed by atoms with E-state index in [-0.39, 0.29) is 5.75 Å². The minimum atomic E-state index is -4.78. The van der Waals surface area contributed by atoms with E-state index in [0.29, 0.717) is 5.56 Å². The van der Waals surface area contributed by atoms with Gasteiger partial charge in [-0.3, -0.25) is 10.1 Å². The lowest BCUT2D eigenvalue weighted by Gasteiger charge is -2.37. The lowest BCUT2D eigenvalue weighted by atomic mass is 9.96.